The van der Waals surface area contributed by atoms with Gasteiger partial charge in [-0.25, -0.2) is 8.78 Å². The van der Waals surface area contributed by atoms with Crippen LogP contribution < -0.4 is 0 Å². The molecule has 1 aromatic carbocycles. The molecule has 6 heteroatoms. The van der Waals surface area contributed by atoms with E-state index in [9.17, 15) is 18.4 Å². The molecule has 1 aromatic rings. The van der Waals surface area contributed by atoms with Gasteiger partial charge in [0.1, 0.15) is 11.6 Å². The highest BCUT2D eigenvalue weighted by molar-refractivity contribution is 5.87. The predicted molar refractivity (Wildman–Crippen MR) is 62.2 cm³/mol. The van der Waals surface area contributed by atoms with E-state index in [1.807, 2.05) is 0 Å². The Kier molecular flexibility index (Phi) is 3.50. The molecule has 2 unspecified atom stereocenters. The molecule has 1 N–H and O–H groups in total. The third kappa shape index (κ3) is 2.30. The van der Waals surface area contributed by atoms with Crippen LogP contribution in [0.4, 0.5) is 8.78 Å². The van der Waals surface area contributed by atoms with E-state index in [1.54, 1.807) is 6.92 Å². The first-order chi connectivity index (χ1) is 8.95. The lowest BCUT2D eigenvalue weighted by molar-refractivity contribution is -0.142. The van der Waals surface area contributed by atoms with Crippen LogP contribution in [-0.2, 0) is 9.59 Å². The van der Waals surface area contributed by atoms with Crippen LogP contribution >= 0.6 is 0 Å². The summed E-state index contributed by atoms with van der Waals surface area (Å²) in [5, 5.41) is 9.14. The number of carboxylic acids is 1. The minimum absolute atomic E-state index is 0.0832. The summed E-state index contributed by atoms with van der Waals surface area (Å²) >= 11 is 0. The van der Waals surface area contributed by atoms with E-state index >= 15 is 0 Å². The molecule has 1 fully saturated rings. The summed E-state index contributed by atoms with van der Waals surface area (Å²) in [7, 11) is 0. The van der Waals surface area contributed by atoms with Gasteiger partial charge in [0, 0.05) is 18.5 Å². The smallest absolute Gasteiger partial charge is 0.309 e. The Balaban J connectivity index is 2.51. The molecule has 0 radical (unpaired) electrons. The molecule has 102 valence electrons. The number of hydrogen-bond acceptors (Lipinski definition) is 2. The zero-order chi connectivity index (χ0) is 14.2. The molecular formula is C13H13F2NO3. The predicted octanol–water partition coefficient (Wildman–Crippen LogP) is 1.96. The Morgan fingerprint density at radius 1 is 1.47 bits per heavy atom. The Labute approximate surface area is 108 Å². The Hall–Kier alpha value is -1.98. The number of carboxylic acid groups (broad SMARTS) is 1. The number of hydrogen-bond donors (Lipinski definition) is 1. The number of carbonyl (C=O) groups is 2. The third-order valence-electron chi connectivity index (χ3n) is 3.37. The Bertz CT molecular complexity index is 533. The summed E-state index contributed by atoms with van der Waals surface area (Å²) in [6.45, 7) is 1.93. The highest BCUT2D eigenvalue weighted by atomic mass is 19.1. The van der Waals surface area contributed by atoms with Crippen molar-refractivity contribution in [3.05, 3.63) is 35.4 Å². The van der Waals surface area contributed by atoms with Gasteiger partial charge in [0.25, 0.3) is 0 Å². The lowest BCUT2D eigenvalue weighted by atomic mass is 9.93. The van der Waals surface area contributed by atoms with Crippen molar-refractivity contribution in [3.8, 4) is 0 Å². The third-order valence-corrected chi connectivity index (χ3v) is 3.37. The van der Waals surface area contributed by atoms with Crippen molar-refractivity contribution < 1.29 is 23.5 Å². The van der Waals surface area contributed by atoms with Crippen molar-refractivity contribution >= 4 is 11.9 Å². The van der Waals surface area contributed by atoms with Gasteiger partial charge in [-0.2, -0.15) is 0 Å². The quantitative estimate of drug-likeness (QED) is 0.912. The van der Waals surface area contributed by atoms with E-state index in [0.717, 1.165) is 18.2 Å². The van der Waals surface area contributed by atoms with Gasteiger partial charge in [-0.1, -0.05) is 0 Å². The Morgan fingerprint density at radius 3 is 2.74 bits per heavy atom. The second-order valence-electron chi connectivity index (χ2n) is 4.44. The fourth-order valence-corrected chi connectivity index (χ4v) is 2.51. The van der Waals surface area contributed by atoms with Crippen molar-refractivity contribution in [2.24, 2.45) is 5.92 Å². The summed E-state index contributed by atoms with van der Waals surface area (Å²) in [5.41, 5.74) is -0.0832. The van der Waals surface area contributed by atoms with Gasteiger partial charge in [0.05, 0.1) is 12.0 Å². The number of halogens is 2. The monoisotopic (exact) mass is 269 g/mol. The van der Waals surface area contributed by atoms with Crippen molar-refractivity contribution in [2.45, 2.75) is 19.4 Å². The molecule has 1 aliphatic rings. The summed E-state index contributed by atoms with van der Waals surface area (Å²) in [6.07, 6.45) is -0.191. The highest BCUT2D eigenvalue weighted by Crippen LogP contribution is 2.39. The van der Waals surface area contributed by atoms with Crippen molar-refractivity contribution in [3.63, 3.8) is 0 Å². The molecule has 0 aromatic heterocycles. The minimum Gasteiger partial charge on any atom is -0.481 e. The second kappa shape index (κ2) is 4.95. The normalized spacial score (nSPS) is 22.9. The van der Waals surface area contributed by atoms with Crippen LogP contribution in [0.3, 0.4) is 0 Å². The molecule has 0 aliphatic carbocycles. The first-order valence-electron chi connectivity index (χ1n) is 5.93. The highest BCUT2D eigenvalue weighted by Gasteiger charge is 2.45. The van der Waals surface area contributed by atoms with Crippen LogP contribution in [0.5, 0.6) is 0 Å². The minimum atomic E-state index is -1.18. The lowest BCUT2D eigenvalue weighted by Gasteiger charge is -2.26. The molecule has 1 amide bonds. The molecule has 0 bridgehead atoms. The van der Waals surface area contributed by atoms with E-state index < -0.39 is 29.6 Å². The average molecular weight is 269 g/mol. The van der Waals surface area contributed by atoms with Gasteiger partial charge in [0.2, 0.25) is 5.91 Å². The molecule has 0 spiro atoms. The number of benzene rings is 1. The number of rotatable bonds is 3. The van der Waals surface area contributed by atoms with Gasteiger partial charge < -0.3 is 10.0 Å². The SMILES string of the molecule is CCN1C(=O)CC(C(=O)O)C1c1cc(F)ccc1F. The summed E-state index contributed by atoms with van der Waals surface area (Å²) < 4.78 is 27.0. The zero-order valence-electron chi connectivity index (χ0n) is 10.3. The molecule has 2 rings (SSSR count). The number of likely N-dealkylation sites (tertiary alicyclic amines) is 1. The van der Waals surface area contributed by atoms with Crippen LogP contribution in [0.15, 0.2) is 18.2 Å². The number of carbonyl (C=O) groups excluding carboxylic acids is 1. The molecule has 19 heavy (non-hydrogen) atoms. The van der Waals surface area contributed by atoms with Crippen molar-refractivity contribution in [1.29, 1.82) is 0 Å². The van der Waals surface area contributed by atoms with Gasteiger partial charge in [-0.3, -0.25) is 9.59 Å². The summed E-state index contributed by atoms with van der Waals surface area (Å²) in [5.74, 6) is -3.95. The van der Waals surface area contributed by atoms with E-state index in [0.29, 0.717) is 0 Å². The van der Waals surface area contributed by atoms with Gasteiger partial charge >= 0.3 is 5.97 Å². The molecule has 4 nitrogen and oxygen atoms in total. The molecular weight excluding hydrogens is 256 g/mol. The number of amides is 1. The number of aliphatic carboxylic acids is 1. The summed E-state index contributed by atoms with van der Waals surface area (Å²) in [4.78, 5) is 24.2. The number of nitrogens with zero attached hydrogens (tertiary/aromatic N) is 1. The molecule has 1 aliphatic heterocycles. The van der Waals surface area contributed by atoms with Crippen LogP contribution in [0, 0.1) is 17.6 Å². The van der Waals surface area contributed by atoms with E-state index in [4.69, 9.17) is 5.11 Å². The maximum Gasteiger partial charge on any atom is 0.309 e. The average Bonchev–Trinajstić information content (AvgIpc) is 2.69. The van der Waals surface area contributed by atoms with E-state index in [2.05, 4.69) is 0 Å². The van der Waals surface area contributed by atoms with Crippen LogP contribution in [-0.4, -0.2) is 28.4 Å². The van der Waals surface area contributed by atoms with Crippen molar-refractivity contribution in [2.75, 3.05) is 6.54 Å². The van der Waals surface area contributed by atoms with Crippen LogP contribution in [0.1, 0.15) is 24.9 Å². The molecule has 1 saturated heterocycles. The fourth-order valence-electron chi connectivity index (χ4n) is 2.51. The van der Waals surface area contributed by atoms with Crippen LogP contribution in [0.2, 0.25) is 0 Å². The molecule has 2 atom stereocenters. The van der Waals surface area contributed by atoms with Crippen LogP contribution in [0.25, 0.3) is 0 Å². The first-order valence-corrected chi connectivity index (χ1v) is 5.93. The second-order valence-corrected chi connectivity index (χ2v) is 4.44. The standard InChI is InChI=1S/C13H13F2NO3/c1-2-16-11(17)6-9(13(18)19)12(16)8-5-7(14)3-4-10(8)15/h3-5,9,12H,2,6H2,1H3,(H,18,19). The molecule has 1 heterocycles. The topological polar surface area (TPSA) is 57.6 Å². The fraction of sp³-hybridized carbons (Fsp3) is 0.385. The lowest BCUT2D eigenvalue weighted by Crippen LogP contribution is -2.31. The largest absolute Gasteiger partial charge is 0.481 e. The van der Waals surface area contributed by atoms with E-state index in [1.165, 1.54) is 4.90 Å². The Morgan fingerprint density at radius 2 is 2.16 bits per heavy atom. The van der Waals surface area contributed by atoms with Gasteiger partial charge in [0.15, 0.2) is 0 Å². The first kappa shape index (κ1) is 13.5. The van der Waals surface area contributed by atoms with Gasteiger partial charge in [-0.15, -0.1) is 0 Å². The van der Waals surface area contributed by atoms with Crippen molar-refractivity contribution in [1.82, 2.24) is 4.90 Å². The maximum atomic E-state index is 13.8. The molecule has 0 saturated carbocycles. The maximum absolute atomic E-state index is 13.8. The summed E-state index contributed by atoms with van der Waals surface area (Å²) in [6, 6.07) is 1.91. The zero-order valence-corrected chi connectivity index (χ0v) is 10.3. The van der Waals surface area contributed by atoms with Gasteiger partial charge in [-0.05, 0) is 25.1 Å². The van der Waals surface area contributed by atoms with E-state index in [-0.39, 0.29) is 24.4 Å².